The number of hydrogen-bond acceptors (Lipinski definition) is 7. The van der Waals surface area contributed by atoms with E-state index >= 15 is 0 Å². The molecule has 0 aliphatic heterocycles. The summed E-state index contributed by atoms with van der Waals surface area (Å²) in [5.41, 5.74) is 1.54. The summed E-state index contributed by atoms with van der Waals surface area (Å²) in [4.78, 5) is 20.8. The van der Waals surface area contributed by atoms with Crippen molar-refractivity contribution in [3.8, 4) is 11.5 Å². The fourth-order valence-electron chi connectivity index (χ4n) is 3.65. The van der Waals surface area contributed by atoms with E-state index in [-0.39, 0.29) is 12.1 Å². The van der Waals surface area contributed by atoms with E-state index in [0.717, 1.165) is 25.1 Å². The second-order valence-electron chi connectivity index (χ2n) is 7.96. The van der Waals surface area contributed by atoms with Crippen molar-refractivity contribution in [2.45, 2.75) is 26.1 Å². The topological polar surface area (TPSA) is 110 Å². The van der Waals surface area contributed by atoms with Gasteiger partial charge in [0.25, 0.3) is 5.91 Å². The molecule has 0 aliphatic rings. The van der Waals surface area contributed by atoms with Gasteiger partial charge in [0.2, 0.25) is 0 Å². The van der Waals surface area contributed by atoms with Crippen molar-refractivity contribution >= 4 is 11.6 Å². The summed E-state index contributed by atoms with van der Waals surface area (Å²) < 4.78 is 29.7. The lowest BCUT2D eigenvalue weighted by atomic mass is 10.1. The Bertz CT molecular complexity index is 1290. The third kappa shape index (κ3) is 6.05. The summed E-state index contributed by atoms with van der Waals surface area (Å²) >= 11 is 0. The average molecular weight is 493 g/mol. The smallest absolute Gasteiger partial charge is 0.251 e. The van der Waals surface area contributed by atoms with Gasteiger partial charge in [-0.1, -0.05) is 12.1 Å². The average Bonchev–Trinajstić information content (AvgIpc) is 3.30. The first-order valence-electron chi connectivity index (χ1n) is 11.4. The highest BCUT2D eigenvalue weighted by Gasteiger charge is 2.15. The third-order valence-electron chi connectivity index (χ3n) is 5.51. The minimum Gasteiger partial charge on any atom is -0.378 e. The molecule has 11 heteroatoms. The summed E-state index contributed by atoms with van der Waals surface area (Å²) in [7, 11) is 1.90. The molecule has 0 unspecified atom stereocenters. The molecule has 0 atom stereocenters. The Kier molecular flexibility index (Phi) is 8.24. The maximum absolute atomic E-state index is 13.8. The van der Waals surface area contributed by atoms with Gasteiger partial charge in [-0.05, 0) is 56.4 Å². The number of halogens is 2. The first-order valence-corrected chi connectivity index (χ1v) is 11.4. The fraction of sp³-hybridized carbons (Fsp3) is 0.240. The number of anilines is 1. The molecule has 0 radical (unpaired) electrons. The maximum atomic E-state index is 13.8. The fourth-order valence-corrected chi connectivity index (χ4v) is 3.65. The predicted octanol–water partition coefficient (Wildman–Crippen LogP) is 3.16. The zero-order valence-electron chi connectivity index (χ0n) is 19.7. The minimum absolute atomic E-state index is 0.183. The molecule has 0 spiro atoms. The van der Waals surface area contributed by atoms with Gasteiger partial charge >= 0.3 is 0 Å². The number of aromatic nitrogens is 5. The van der Waals surface area contributed by atoms with Gasteiger partial charge in [0.15, 0.2) is 11.6 Å². The van der Waals surface area contributed by atoms with Crippen LogP contribution in [0.2, 0.25) is 0 Å². The van der Waals surface area contributed by atoms with Crippen molar-refractivity contribution in [2.75, 3.05) is 18.9 Å². The van der Waals surface area contributed by atoms with Crippen molar-refractivity contribution < 1.29 is 13.6 Å². The van der Waals surface area contributed by atoms with Gasteiger partial charge in [0, 0.05) is 36.1 Å². The number of rotatable bonds is 11. The molecule has 2 aromatic heterocycles. The van der Waals surface area contributed by atoms with Crippen LogP contribution in [0.3, 0.4) is 0 Å². The summed E-state index contributed by atoms with van der Waals surface area (Å²) in [6, 6.07) is 12.2. The highest BCUT2D eigenvalue weighted by Crippen LogP contribution is 2.18. The summed E-state index contributed by atoms with van der Waals surface area (Å²) in [5, 5.41) is 17.6. The van der Waals surface area contributed by atoms with E-state index in [1.165, 1.54) is 12.4 Å². The normalized spacial score (nSPS) is 10.9. The predicted molar refractivity (Wildman–Crippen MR) is 131 cm³/mol. The van der Waals surface area contributed by atoms with Gasteiger partial charge in [0.05, 0.1) is 6.54 Å². The molecule has 9 nitrogen and oxygen atoms in total. The highest BCUT2D eigenvalue weighted by molar-refractivity contribution is 5.95. The molecule has 0 saturated carbocycles. The molecular weight excluding hydrogens is 466 g/mol. The third-order valence-corrected chi connectivity index (χ3v) is 5.51. The van der Waals surface area contributed by atoms with Crippen molar-refractivity contribution in [3.05, 3.63) is 89.6 Å². The van der Waals surface area contributed by atoms with E-state index in [9.17, 15) is 13.6 Å². The van der Waals surface area contributed by atoms with Crippen molar-refractivity contribution in [2.24, 2.45) is 0 Å². The molecule has 0 bridgehead atoms. The Morgan fingerprint density at radius 3 is 2.58 bits per heavy atom. The van der Waals surface area contributed by atoms with E-state index in [1.54, 1.807) is 30.5 Å². The molecule has 1 amide bonds. The van der Waals surface area contributed by atoms with Crippen LogP contribution in [0.25, 0.3) is 11.5 Å². The molecular formula is C25H26F2N8O. The highest BCUT2D eigenvalue weighted by atomic mass is 19.1. The van der Waals surface area contributed by atoms with Gasteiger partial charge < -0.3 is 20.5 Å². The van der Waals surface area contributed by atoms with Gasteiger partial charge in [0.1, 0.15) is 23.7 Å². The lowest BCUT2D eigenvalue weighted by Gasteiger charge is -2.12. The monoisotopic (exact) mass is 492 g/mol. The zero-order chi connectivity index (χ0) is 25.3. The van der Waals surface area contributed by atoms with Crippen LogP contribution in [-0.2, 0) is 19.6 Å². The van der Waals surface area contributed by atoms with Crippen LogP contribution in [0.15, 0.2) is 61.1 Å². The van der Waals surface area contributed by atoms with Crippen molar-refractivity contribution in [1.82, 2.24) is 35.4 Å². The second-order valence-corrected chi connectivity index (χ2v) is 7.96. The van der Waals surface area contributed by atoms with Gasteiger partial charge in [-0.2, -0.15) is 0 Å². The number of hydrogen-bond donors (Lipinski definition) is 3. The first kappa shape index (κ1) is 24.9. The Labute approximate surface area is 207 Å². The van der Waals surface area contributed by atoms with Gasteiger partial charge in [-0.15, -0.1) is 10.2 Å². The zero-order valence-corrected chi connectivity index (χ0v) is 19.7. The van der Waals surface area contributed by atoms with Gasteiger partial charge in [-0.25, -0.2) is 18.7 Å². The molecule has 4 aromatic rings. The van der Waals surface area contributed by atoms with Crippen LogP contribution in [0.1, 0.15) is 28.2 Å². The van der Waals surface area contributed by atoms with Crippen LogP contribution < -0.4 is 16.0 Å². The molecule has 3 N–H and O–H groups in total. The lowest BCUT2D eigenvalue weighted by Crippen LogP contribution is -2.24. The summed E-state index contributed by atoms with van der Waals surface area (Å²) in [5.74, 6) is -0.484. The SMILES string of the molecule is CNCCCn1c(CNc2cccc(C(=O)NCc3c(F)cccc3F)c2)nnc1-c1ccncn1. The van der Waals surface area contributed by atoms with Crippen LogP contribution in [0.5, 0.6) is 0 Å². The van der Waals surface area contributed by atoms with Crippen LogP contribution in [0, 0.1) is 11.6 Å². The lowest BCUT2D eigenvalue weighted by molar-refractivity contribution is 0.0950. The summed E-state index contributed by atoms with van der Waals surface area (Å²) in [6.45, 7) is 1.64. The molecule has 0 saturated heterocycles. The van der Waals surface area contributed by atoms with E-state index < -0.39 is 17.5 Å². The molecule has 2 heterocycles. The van der Waals surface area contributed by atoms with E-state index in [0.29, 0.717) is 41.7 Å². The molecule has 186 valence electrons. The Morgan fingerprint density at radius 1 is 1.03 bits per heavy atom. The van der Waals surface area contributed by atoms with Crippen LogP contribution in [-0.4, -0.2) is 44.2 Å². The number of amides is 1. The van der Waals surface area contributed by atoms with E-state index in [1.807, 2.05) is 17.7 Å². The standard InChI is InChI=1S/C25H26F2N8O/c1-28-10-4-12-35-23(33-34-24(35)22-9-11-29-16-32-22)15-30-18-6-2-5-17(13-18)25(36)31-14-19-20(26)7-3-8-21(19)27/h2-3,5-9,11,13,16,28,30H,4,10,12,14-15H2,1H3,(H,31,36). The van der Waals surface area contributed by atoms with Gasteiger partial charge in [-0.3, -0.25) is 4.79 Å². The Hall–Kier alpha value is -4.25. The maximum Gasteiger partial charge on any atom is 0.251 e. The van der Waals surface area contributed by atoms with E-state index in [2.05, 4.69) is 36.1 Å². The number of carbonyl (C=O) groups is 1. The van der Waals surface area contributed by atoms with Crippen molar-refractivity contribution in [3.63, 3.8) is 0 Å². The van der Waals surface area contributed by atoms with E-state index in [4.69, 9.17) is 0 Å². The number of nitrogens with zero attached hydrogens (tertiary/aromatic N) is 5. The van der Waals surface area contributed by atoms with Crippen molar-refractivity contribution in [1.29, 1.82) is 0 Å². The Morgan fingerprint density at radius 2 is 1.83 bits per heavy atom. The number of nitrogens with one attached hydrogen (secondary N) is 3. The molecule has 0 fully saturated rings. The number of carbonyl (C=O) groups excluding carboxylic acids is 1. The molecule has 0 aliphatic carbocycles. The quantitative estimate of drug-likeness (QED) is 0.276. The van der Waals surface area contributed by atoms with Crippen LogP contribution >= 0.6 is 0 Å². The Balaban J connectivity index is 1.44. The minimum atomic E-state index is -0.703. The molecule has 36 heavy (non-hydrogen) atoms. The number of benzene rings is 2. The second kappa shape index (κ2) is 11.9. The largest absolute Gasteiger partial charge is 0.378 e. The summed E-state index contributed by atoms with van der Waals surface area (Å²) in [6.07, 6.45) is 4.00. The molecule has 2 aromatic carbocycles. The first-order chi connectivity index (χ1) is 17.6. The molecule has 4 rings (SSSR count). The van der Waals surface area contributed by atoms with Crippen LogP contribution in [0.4, 0.5) is 14.5 Å².